The van der Waals surface area contributed by atoms with Crippen LogP contribution in [0, 0.1) is 11.3 Å². The van der Waals surface area contributed by atoms with Crippen molar-refractivity contribution >= 4 is 29.8 Å². The number of hydrogen-bond acceptors (Lipinski definition) is 8. The Bertz CT molecular complexity index is 969. The van der Waals surface area contributed by atoms with Crippen molar-refractivity contribution in [2.24, 2.45) is 5.73 Å². The molecule has 196 valence electrons. The van der Waals surface area contributed by atoms with Gasteiger partial charge in [0.2, 0.25) is 17.7 Å². The Balaban J connectivity index is 3.29. The molecule has 0 saturated carbocycles. The number of nitriles is 1. The second-order valence-electron chi connectivity index (χ2n) is 8.65. The zero-order valence-corrected chi connectivity index (χ0v) is 20.9. The van der Waals surface area contributed by atoms with Crippen molar-refractivity contribution in [1.29, 1.82) is 5.26 Å². The van der Waals surface area contributed by atoms with E-state index in [-0.39, 0.29) is 19.6 Å². The van der Waals surface area contributed by atoms with Gasteiger partial charge in [0.1, 0.15) is 24.2 Å². The van der Waals surface area contributed by atoms with E-state index in [9.17, 15) is 29.2 Å². The van der Waals surface area contributed by atoms with Gasteiger partial charge in [-0.25, -0.2) is 4.79 Å². The van der Waals surface area contributed by atoms with Crippen molar-refractivity contribution in [2.75, 3.05) is 19.7 Å². The third-order valence-electron chi connectivity index (χ3n) is 4.53. The van der Waals surface area contributed by atoms with Crippen LogP contribution in [0.15, 0.2) is 30.3 Å². The molecule has 4 N–H and O–H groups in total. The molecule has 1 aromatic carbocycles. The largest absolute Gasteiger partial charge is 0.466 e. The van der Waals surface area contributed by atoms with Crippen molar-refractivity contribution in [3.05, 3.63) is 35.9 Å². The molecule has 4 amide bonds. The van der Waals surface area contributed by atoms with E-state index in [0.717, 1.165) is 4.90 Å². The quantitative estimate of drug-likeness (QED) is 0.278. The van der Waals surface area contributed by atoms with Gasteiger partial charge in [0.05, 0.1) is 25.5 Å². The van der Waals surface area contributed by atoms with Crippen molar-refractivity contribution in [2.45, 2.75) is 58.2 Å². The van der Waals surface area contributed by atoms with E-state index in [2.05, 4.69) is 10.6 Å². The summed E-state index contributed by atoms with van der Waals surface area (Å²) in [7, 11) is 0. The predicted octanol–water partition coefficient (Wildman–Crippen LogP) is 0.918. The summed E-state index contributed by atoms with van der Waals surface area (Å²) in [5.41, 5.74) is 4.76. The summed E-state index contributed by atoms with van der Waals surface area (Å²) in [6.07, 6.45) is -1.67. The first-order valence-electron chi connectivity index (χ1n) is 11.3. The maximum atomic E-state index is 13.5. The highest BCUT2D eigenvalue weighted by molar-refractivity contribution is 5.94. The van der Waals surface area contributed by atoms with E-state index in [1.165, 1.54) is 0 Å². The van der Waals surface area contributed by atoms with Crippen LogP contribution in [0.5, 0.6) is 0 Å². The molecule has 2 unspecified atom stereocenters. The minimum Gasteiger partial charge on any atom is -0.466 e. The number of rotatable bonds is 12. The van der Waals surface area contributed by atoms with Gasteiger partial charge in [-0.1, -0.05) is 30.3 Å². The van der Waals surface area contributed by atoms with Crippen LogP contribution in [0.25, 0.3) is 0 Å². The zero-order chi connectivity index (χ0) is 27.3. The maximum absolute atomic E-state index is 13.5. The van der Waals surface area contributed by atoms with Crippen LogP contribution in [0.2, 0.25) is 0 Å². The minimum atomic E-state index is -1.50. The molecule has 0 aliphatic heterocycles. The predicted molar refractivity (Wildman–Crippen MR) is 128 cm³/mol. The number of nitrogens with two attached hydrogens (primary N) is 1. The number of carbonyl (C=O) groups is 5. The lowest BCUT2D eigenvalue weighted by Gasteiger charge is -2.32. The molecule has 0 bridgehead atoms. The highest BCUT2D eigenvalue weighted by Crippen LogP contribution is 2.23. The van der Waals surface area contributed by atoms with Gasteiger partial charge < -0.3 is 30.7 Å². The van der Waals surface area contributed by atoms with Crippen molar-refractivity contribution in [3.63, 3.8) is 0 Å². The number of hydrogen-bond donors (Lipinski definition) is 3. The second kappa shape index (κ2) is 14.3. The Morgan fingerprint density at radius 3 is 2.31 bits per heavy atom. The molecule has 0 fully saturated rings. The third kappa shape index (κ3) is 10.4. The smallest absolute Gasteiger partial charge is 0.408 e. The van der Waals surface area contributed by atoms with Crippen LogP contribution < -0.4 is 16.4 Å². The first-order chi connectivity index (χ1) is 16.9. The highest BCUT2D eigenvalue weighted by atomic mass is 16.6. The Morgan fingerprint density at radius 2 is 1.78 bits per heavy atom. The number of benzene rings is 1. The molecule has 0 aromatic heterocycles. The van der Waals surface area contributed by atoms with Crippen molar-refractivity contribution in [3.8, 4) is 6.07 Å². The molecular weight excluding hydrogens is 470 g/mol. The molecule has 0 heterocycles. The number of amides is 4. The molecule has 36 heavy (non-hydrogen) atoms. The average Bonchev–Trinajstić information content (AvgIpc) is 2.77. The van der Waals surface area contributed by atoms with Gasteiger partial charge in [0.15, 0.2) is 0 Å². The van der Waals surface area contributed by atoms with Crippen LogP contribution >= 0.6 is 0 Å². The van der Waals surface area contributed by atoms with Gasteiger partial charge in [-0.05, 0) is 33.3 Å². The lowest BCUT2D eigenvalue weighted by molar-refractivity contribution is -0.144. The van der Waals surface area contributed by atoms with E-state index >= 15 is 0 Å². The zero-order valence-electron chi connectivity index (χ0n) is 20.9. The minimum absolute atomic E-state index is 0.0730. The summed E-state index contributed by atoms with van der Waals surface area (Å²) in [5, 5.41) is 14.3. The van der Waals surface area contributed by atoms with Crippen LogP contribution in [-0.4, -0.2) is 66.0 Å². The van der Waals surface area contributed by atoms with Gasteiger partial charge in [0.25, 0.3) is 0 Å². The number of alkyl carbamates (subject to hydrolysis) is 1. The third-order valence-corrected chi connectivity index (χ3v) is 4.53. The summed E-state index contributed by atoms with van der Waals surface area (Å²) in [4.78, 5) is 63.2. The average molecular weight is 504 g/mol. The molecule has 0 saturated heterocycles. The molecule has 0 spiro atoms. The SMILES string of the molecule is CCOC(=O)CCNC(=O)C(c1ccccc1)N(CC#N)C(=O)C(CC(N)=O)NC(=O)OC(C)(C)C. The topological polar surface area (TPSA) is 181 Å². The number of nitrogens with one attached hydrogen (secondary N) is 2. The van der Waals surface area contributed by atoms with Crippen LogP contribution in [0.1, 0.15) is 52.1 Å². The van der Waals surface area contributed by atoms with E-state index in [0.29, 0.717) is 5.56 Å². The molecular formula is C24H33N5O7. The second-order valence-corrected chi connectivity index (χ2v) is 8.65. The molecule has 1 aromatic rings. The van der Waals surface area contributed by atoms with Gasteiger partial charge >= 0.3 is 12.1 Å². The summed E-state index contributed by atoms with van der Waals surface area (Å²) >= 11 is 0. The van der Waals surface area contributed by atoms with E-state index in [1.807, 2.05) is 6.07 Å². The van der Waals surface area contributed by atoms with E-state index in [1.54, 1.807) is 58.0 Å². The fraction of sp³-hybridized carbons (Fsp3) is 0.500. The van der Waals surface area contributed by atoms with E-state index < -0.39 is 60.4 Å². The summed E-state index contributed by atoms with van der Waals surface area (Å²) in [5.74, 6) is -2.97. The maximum Gasteiger partial charge on any atom is 0.408 e. The normalized spacial score (nSPS) is 12.3. The fourth-order valence-electron chi connectivity index (χ4n) is 3.15. The van der Waals surface area contributed by atoms with Crippen molar-refractivity contribution in [1.82, 2.24) is 15.5 Å². The highest BCUT2D eigenvalue weighted by Gasteiger charge is 2.36. The Labute approximate surface area is 210 Å². The fourth-order valence-corrected chi connectivity index (χ4v) is 3.15. The lowest BCUT2D eigenvalue weighted by atomic mass is 10.0. The number of primary amides is 1. The Hall–Kier alpha value is -4.14. The van der Waals surface area contributed by atoms with Gasteiger partial charge in [-0.2, -0.15) is 5.26 Å². The molecule has 0 aliphatic rings. The molecule has 2 atom stereocenters. The molecule has 1 rings (SSSR count). The first kappa shape index (κ1) is 29.9. The van der Waals surface area contributed by atoms with Gasteiger partial charge in [0, 0.05) is 6.54 Å². The number of ether oxygens (including phenoxy) is 2. The molecule has 12 heteroatoms. The Kier molecular flexibility index (Phi) is 11.9. The lowest BCUT2D eigenvalue weighted by Crippen LogP contribution is -2.54. The monoisotopic (exact) mass is 503 g/mol. The molecule has 0 aliphatic carbocycles. The molecule has 0 radical (unpaired) electrons. The van der Waals surface area contributed by atoms with Crippen LogP contribution in [0.4, 0.5) is 4.79 Å². The Morgan fingerprint density at radius 1 is 1.14 bits per heavy atom. The number of carbonyl (C=O) groups excluding carboxylic acids is 5. The van der Waals surface area contributed by atoms with E-state index in [4.69, 9.17) is 15.2 Å². The van der Waals surface area contributed by atoms with Crippen molar-refractivity contribution < 1.29 is 33.4 Å². The van der Waals surface area contributed by atoms with Gasteiger partial charge in [-0.3, -0.25) is 19.2 Å². The first-order valence-corrected chi connectivity index (χ1v) is 11.3. The van der Waals surface area contributed by atoms with Crippen LogP contribution in [0.3, 0.4) is 0 Å². The summed E-state index contributed by atoms with van der Waals surface area (Å²) < 4.78 is 10.0. The number of nitrogens with zero attached hydrogens (tertiary/aromatic N) is 2. The summed E-state index contributed by atoms with van der Waals surface area (Å²) in [6, 6.07) is 7.18. The van der Waals surface area contributed by atoms with Crippen LogP contribution in [-0.2, 0) is 28.7 Å². The molecule has 12 nitrogen and oxygen atoms in total. The standard InChI is InChI=1S/C24H33N5O7/c1-5-35-19(31)11-13-27-21(32)20(16-9-7-6-8-10-16)29(14-12-25)22(33)17(15-18(26)30)28-23(34)36-24(2,3)4/h6-10,17,20H,5,11,13-15H2,1-4H3,(H2,26,30)(H,27,32)(H,28,34). The number of esters is 1. The van der Waals surface area contributed by atoms with Gasteiger partial charge in [-0.15, -0.1) is 0 Å². The summed E-state index contributed by atoms with van der Waals surface area (Å²) in [6.45, 7) is 6.07.